The molecule has 0 bridgehead atoms. The van der Waals surface area contributed by atoms with E-state index in [-0.39, 0.29) is 17.9 Å². The van der Waals surface area contributed by atoms with Crippen LogP contribution in [0.1, 0.15) is 18.9 Å². The summed E-state index contributed by atoms with van der Waals surface area (Å²) in [5.74, 6) is 0.715. The maximum atomic E-state index is 12.0. The number of nitrogens with one attached hydrogen (secondary N) is 2. The molecule has 1 aromatic heterocycles. The predicted molar refractivity (Wildman–Crippen MR) is 70.9 cm³/mol. The molecule has 1 aliphatic rings. The van der Waals surface area contributed by atoms with Gasteiger partial charge < -0.3 is 10.6 Å². The summed E-state index contributed by atoms with van der Waals surface area (Å²) >= 11 is 3.39. The smallest absolute Gasteiger partial charge is 0.230 e. The molecule has 0 aromatic carbocycles. The molecule has 1 aromatic rings. The van der Waals surface area contributed by atoms with Crippen molar-refractivity contribution in [1.29, 1.82) is 0 Å². The summed E-state index contributed by atoms with van der Waals surface area (Å²) in [6.45, 7) is 4.92. The van der Waals surface area contributed by atoms with Gasteiger partial charge >= 0.3 is 0 Å². The summed E-state index contributed by atoms with van der Waals surface area (Å²) in [4.78, 5) is 16.2. The van der Waals surface area contributed by atoms with Crippen molar-refractivity contribution in [3.05, 3.63) is 22.3 Å². The molecule has 0 radical (unpaired) electrons. The molecule has 1 amide bonds. The van der Waals surface area contributed by atoms with Crippen molar-refractivity contribution in [2.75, 3.05) is 11.9 Å². The Morgan fingerprint density at radius 2 is 2.41 bits per heavy atom. The molecule has 2 rings (SSSR count). The van der Waals surface area contributed by atoms with E-state index in [1.54, 1.807) is 6.20 Å². The number of carbonyl (C=O) groups is 1. The average Bonchev–Trinajstić information content (AvgIpc) is 2.70. The first-order chi connectivity index (χ1) is 8.08. The van der Waals surface area contributed by atoms with Crippen LogP contribution in [0.15, 0.2) is 16.7 Å². The normalized spacial score (nSPS) is 23.7. The van der Waals surface area contributed by atoms with Gasteiger partial charge in [-0.2, -0.15) is 0 Å². The van der Waals surface area contributed by atoms with E-state index in [4.69, 9.17) is 0 Å². The zero-order valence-electron chi connectivity index (χ0n) is 9.96. The Morgan fingerprint density at radius 3 is 3.00 bits per heavy atom. The number of aryl methyl sites for hydroxylation is 1. The molecular weight excluding hydrogens is 282 g/mol. The zero-order chi connectivity index (χ0) is 12.4. The van der Waals surface area contributed by atoms with E-state index in [1.807, 2.05) is 19.9 Å². The van der Waals surface area contributed by atoms with Crippen LogP contribution >= 0.6 is 15.9 Å². The lowest BCUT2D eigenvalue weighted by Gasteiger charge is -2.14. The van der Waals surface area contributed by atoms with Crippen molar-refractivity contribution in [2.24, 2.45) is 5.92 Å². The molecule has 2 unspecified atom stereocenters. The first-order valence-corrected chi connectivity index (χ1v) is 6.53. The molecule has 17 heavy (non-hydrogen) atoms. The first kappa shape index (κ1) is 12.5. The third-order valence-corrected chi connectivity index (χ3v) is 3.99. The van der Waals surface area contributed by atoms with Gasteiger partial charge in [-0.05, 0) is 54.4 Å². The Labute approximate surface area is 109 Å². The number of anilines is 1. The lowest BCUT2D eigenvalue weighted by atomic mass is 10.0. The molecule has 4 nitrogen and oxygen atoms in total. The molecule has 1 saturated heterocycles. The highest BCUT2D eigenvalue weighted by Crippen LogP contribution is 2.20. The minimum absolute atomic E-state index is 0.0424. The Balaban J connectivity index is 2.05. The number of carbonyl (C=O) groups excluding carboxylic acids is 1. The van der Waals surface area contributed by atoms with Gasteiger partial charge in [0.15, 0.2) is 0 Å². The molecule has 5 heteroatoms. The number of hydrogen-bond donors (Lipinski definition) is 2. The Kier molecular flexibility index (Phi) is 3.79. The molecule has 2 atom stereocenters. The second kappa shape index (κ2) is 5.14. The topological polar surface area (TPSA) is 54.0 Å². The summed E-state index contributed by atoms with van der Waals surface area (Å²) in [5.41, 5.74) is 1.06. The molecule has 0 aliphatic carbocycles. The van der Waals surface area contributed by atoms with E-state index < -0.39 is 0 Å². The van der Waals surface area contributed by atoms with Crippen LogP contribution in [0.4, 0.5) is 5.82 Å². The largest absolute Gasteiger partial charge is 0.313 e. The van der Waals surface area contributed by atoms with Crippen molar-refractivity contribution < 1.29 is 4.79 Å². The van der Waals surface area contributed by atoms with E-state index in [0.29, 0.717) is 5.82 Å². The van der Waals surface area contributed by atoms with Gasteiger partial charge in [0.2, 0.25) is 5.91 Å². The van der Waals surface area contributed by atoms with Crippen LogP contribution in [-0.2, 0) is 4.79 Å². The van der Waals surface area contributed by atoms with Crippen LogP contribution in [0.3, 0.4) is 0 Å². The van der Waals surface area contributed by atoms with Crippen LogP contribution in [0.5, 0.6) is 0 Å². The summed E-state index contributed by atoms with van der Waals surface area (Å²) in [6, 6.07) is 2.11. The molecule has 1 fully saturated rings. The van der Waals surface area contributed by atoms with Gasteiger partial charge in [0, 0.05) is 16.7 Å². The van der Waals surface area contributed by atoms with E-state index in [1.165, 1.54) is 0 Å². The number of halogens is 1. The maximum Gasteiger partial charge on any atom is 0.230 e. The minimum atomic E-state index is 0.0424. The van der Waals surface area contributed by atoms with Crippen molar-refractivity contribution in [2.45, 2.75) is 26.3 Å². The van der Waals surface area contributed by atoms with E-state index in [0.717, 1.165) is 23.0 Å². The lowest BCUT2D eigenvalue weighted by Crippen LogP contribution is -2.32. The highest BCUT2D eigenvalue weighted by Gasteiger charge is 2.29. The van der Waals surface area contributed by atoms with Crippen LogP contribution in [0.25, 0.3) is 0 Å². The average molecular weight is 298 g/mol. The number of rotatable bonds is 2. The summed E-state index contributed by atoms with van der Waals surface area (Å²) in [5, 5.41) is 6.14. The van der Waals surface area contributed by atoms with E-state index in [9.17, 15) is 4.79 Å². The monoisotopic (exact) mass is 297 g/mol. The molecule has 0 saturated carbocycles. The third-order valence-electron chi connectivity index (χ3n) is 3.16. The van der Waals surface area contributed by atoms with Gasteiger partial charge in [0.1, 0.15) is 5.82 Å². The van der Waals surface area contributed by atoms with Gasteiger partial charge in [-0.1, -0.05) is 0 Å². The van der Waals surface area contributed by atoms with E-state index in [2.05, 4.69) is 31.5 Å². The molecule has 2 heterocycles. The fourth-order valence-electron chi connectivity index (χ4n) is 2.04. The van der Waals surface area contributed by atoms with Crippen molar-refractivity contribution >= 4 is 27.7 Å². The maximum absolute atomic E-state index is 12.0. The number of amides is 1. The van der Waals surface area contributed by atoms with Crippen LogP contribution in [0.2, 0.25) is 0 Å². The molecular formula is C12H16BrN3O. The van der Waals surface area contributed by atoms with Crippen LogP contribution < -0.4 is 10.6 Å². The fraction of sp³-hybridized carbons (Fsp3) is 0.500. The Hall–Kier alpha value is -0.940. The predicted octanol–water partition coefficient (Wildman–Crippen LogP) is 2.09. The van der Waals surface area contributed by atoms with Gasteiger partial charge in [-0.25, -0.2) is 4.98 Å². The SMILES string of the molecule is Cc1cc(NC(=O)C2CCNC2C)ncc1Br. The number of pyridine rings is 1. The number of hydrogen-bond acceptors (Lipinski definition) is 3. The second-order valence-electron chi connectivity index (χ2n) is 4.45. The fourth-order valence-corrected chi connectivity index (χ4v) is 2.26. The van der Waals surface area contributed by atoms with Crippen LogP contribution in [0, 0.1) is 12.8 Å². The van der Waals surface area contributed by atoms with Crippen molar-refractivity contribution in [1.82, 2.24) is 10.3 Å². The summed E-state index contributed by atoms with van der Waals surface area (Å²) in [6.07, 6.45) is 2.60. The van der Waals surface area contributed by atoms with Crippen LogP contribution in [-0.4, -0.2) is 23.5 Å². The van der Waals surface area contributed by atoms with Gasteiger partial charge in [0.25, 0.3) is 0 Å². The third kappa shape index (κ3) is 2.84. The van der Waals surface area contributed by atoms with Gasteiger partial charge in [0.05, 0.1) is 5.92 Å². The number of nitrogens with zero attached hydrogens (tertiary/aromatic N) is 1. The summed E-state index contributed by atoms with van der Waals surface area (Å²) < 4.78 is 0.950. The van der Waals surface area contributed by atoms with Crippen molar-refractivity contribution in [3.63, 3.8) is 0 Å². The minimum Gasteiger partial charge on any atom is -0.313 e. The highest BCUT2D eigenvalue weighted by atomic mass is 79.9. The molecule has 92 valence electrons. The molecule has 0 spiro atoms. The van der Waals surface area contributed by atoms with Gasteiger partial charge in [-0.3, -0.25) is 4.79 Å². The summed E-state index contributed by atoms with van der Waals surface area (Å²) in [7, 11) is 0. The zero-order valence-corrected chi connectivity index (χ0v) is 11.5. The molecule has 1 aliphatic heterocycles. The van der Waals surface area contributed by atoms with E-state index >= 15 is 0 Å². The van der Waals surface area contributed by atoms with Gasteiger partial charge in [-0.15, -0.1) is 0 Å². The Bertz CT molecular complexity index is 436. The van der Waals surface area contributed by atoms with Crippen molar-refractivity contribution in [3.8, 4) is 0 Å². The highest BCUT2D eigenvalue weighted by molar-refractivity contribution is 9.10. The molecule has 2 N–H and O–H groups in total. The standard InChI is InChI=1S/C12H16BrN3O/c1-7-5-11(15-6-10(7)13)16-12(17)9-3-4-14-8(9)2/h5-6,8-9,14H,3-4H2,1-2H3,(H,15,16,17). The first-order valence-electron chi connectivity index (χ1n) is 5.74. The Morgan fingerprint density at radius 1 is 1.65 bits per heavy atom. The quantitative estimate of drug-likeness (QED) is 0.879. The lowest BCUT2D eigenvalue weighted by molar-refractivity contribution is -0.120. The second-order valence-corrected chi connectivity index (χ2v) is 5.30. The number of aromatic nitrogens is 1.